The number of carbonyl (C=O) groups is 1. The number of nitrogens with one attached hydrogen (secondary N) is 2. The van der Waals surface area contributed by atoms with Crippen LogP contribution >= 0.6 is 35.5 Å². The van der Waals surface area contributed by atoms with Gasteiger partial charge in [-0.25, -0.2) is 0 Å². The van der Waals surface area contributed by atoms with Gasteiger partial charge >= 0.3 is 0 Å². The first-order valence-corrected chi connectivity index (χ1v) is 7.34. The zero-order chi connectivity index (χ0) is 14.5. The van der Waals surface area contributed by atoms with Crippen LogP contribution in [0.1, 0.15) is 0 Å². The van der Waals surface area contributed by atoms with Gasteiger partial charge in [0.15, 0.2) is 4.80 Å². The first-order valence-electron chi connectivity index (χ1n) is 5.58. The third-order valence-electron chi connectivity index (χ3n) is 2.36. The fraction of sp³-hybridized carbons (Fsp3) is 0.167. The maximum absolute atomic E-state index is 12.2. The van der Waals surface area contributed by atoms with Gasteiger partial charge in [0.25, 0.3) is 5.76 Å². The Morgan fingerprint density at radius 3 is 2.57 bits per heavy atom. The predicted octanol–water partition coefficient (Wildman–Crippen LogP) is 3.40. The standard InChI is InChI=1S/C12H11F2N3OS2.ClH/c13-11(14)20-9-3-1-8(2-4-9)16-10(18)7-17-5-6-19-12(17)15;/h1-6,11,15H,7H2,(H,16,18);1H. The minimum atomic E-state index is -2.46. The molecule has 0 atom stereocenters. The summed E-state index contributed by atoms with van der Waals surface area (Å²) in [5.74, 6) is -2.72. The van der Waals surface area contributed by atoms with Crippen molar-refractivity contribution in [1.82, 2.24) is 4.57 Å². The fourth-order valence-corrected chi connectivity index (χ4v) is 2.60. The minimum Gasteiger partial charge on any atom is -0.325 e. The summed E-state index contributed by atoms with van der Waals surface area (Å²) < 4.78 is 25.8. The molecule has 0 saturated carbocycles. The van der Waals surface area contributed by atoms with E-state index in [1.165, 1.54) is 28.0 Å². The lowest BCUT2D eigenvalue weighted by Gasteiger charge is -2.07. The summed E-state index contributed by atoms with van der Waals surface area (Å²) in [5, 5.41) is 11.9. The van der Waals surface area contributed by atoms with Crippen LogP contribution in [0.2, 0.25) is 0 Å². The zero-order valence-corrected chi connectivity index (χ0v) is 13.0. The summed E-state index contributed by atoms with van der Waals surface area (Å²) >= 11 is 1.69. The van der Waals surface area contributed by atoms with E-state index < -0.39 is 5.76 Å². The van der Waals surface area contributed by atoms with Crippen LogP contribution in [0.3, 0.4) is 0 Å². The highest BCUT2D eigenvalue weighted by molar-refractivity contribution is 7.99. The number of alkyl halides is 2. The van der Waals surface area contributed by atoms with Crippen LogP contribution in [0.5, 0.6) is 0 Å². The summed E-state index contributed by atoms with van der Waals surface area (Å²) in [6.45, 7) is 0.0515. The molecule has 114 valence electrons. The molecule has 0 saturated heterocycles. The number of hydrogen-bond acceptors (Lipinski definition) is 4. The van der Waals surface area contributed by atoms with Gasteiger partial charge in [-0.05, 0) is 24.3 Å². The van der Waals surface area contributed by atoms with E-state index in [2.05, 4.69) is 5.32 Å². The molecule has 0 aliphatic heterocycles. The third-order valence-corrected chi connectivity index (χ3v) is 3.80. The van der Waals surface area contributed by atoms with Gasteiger partial charge in [0, 0.05) is 22.2 Å². The number of halogens is 3. The van der Waals surface area contributed by atoms with Gasteiger partial charge in [-0.15, -0.1) is 23.7 Å². The molecule has 9 heteroatoms. The summed E-state index contributed by atoms with van der Waals surface area (Å²) in [5.41, 5.74) is 0.538. The van der Waals surface area contributed by atoms with Crippen LogP contribution in [0.25, 0.3) is 0 Å². The Balaban J connectivity index is 0.00000220. The van der Waals surface area contributed by atoms with Crippen LogP contribution in [0, 0.1) is 5.41 Å². The molecule has 4 nitrogen and oxygen atoms in total. The van der Waals surface area contributed by atoms with Gasteiger partial charge in [0.2, 0.25) is 5.91 Å². The SMILES string of the molecule is Cl.N=c1sccn1CC(=O)Nc1ccc(SC(F)F)cc1. The van der Waals surface area contributed by atoms with E-state index in [0.717, 1.165) is 0 Å². The summed E-state index contributed by atoms with van der Waals surface area (Å²) in [4.78, 5) is 12.5. The van der Waals surface area contributed by atoms with Crippen molar-refractivity contribution >= 4 is 47.1 Å². The van der Waals surface area contributed by atoms with Crippen LogP contribution in [-0.2, 0) is 11.3 Å². The molecule has 0 fully saturated rings. The van der Waals surface area contributed by atoms with E-state index in [1.54, 1.807) is 23.7 Å². The van der Waals surface area contributed by atoms with Gasteiger partial charge in [-0.3, -0.25) is 10.2 Å². The molecule has 2 aromatic rings. The number of hydrogen-bond donors (Lipinski definition) is 2. The Hall–Kier alpha value is -1.38. The summed E-state index contributed by atoms with van der Waals surface area (Å²) in [6.07, 6.45) is 1.66. The van der Waals surface area contributed by atoms with Gasteiger partial charge in [0.1, 0.15) is 6.54 Å². The molecule has 2 rings (SSSR count). The summed E-state index contributed by atoms with van der Waals surface area (Å²) in [7, 11) is 0. The number of carbonyl (C=O) groups excluding carboxylic acids is 1. The molecule has 0 unspecified atom stereocenters. The van der Waals surface area contributed by atoms with Crippen LogP contribution < -0.4 is 10.1 Å². The maximum Gasteiger partial charge on any atom is 0.288 e. The molecule has 1 aromatic heterocycles. The lowest BCUT2D eigenvalue weighted by Crippen LogP contribution is -2.23. The second-order valence-electron chi connectivity index (χ2n) is 3.79. The molecule has 1 amide bonds. The second kappa shape index (κ2) is 8.16. The Morgan fingerprint density at radius 1 is 1.38 bits per heavy atom. The van der Waals surface area contributed by atoms with Gasteiger partial charge in [-0.2, -0.15) is 8.78 Å². The number of nitrogens with zero attached hydrogens (tertiary/aromatic N) is 1. The minimum absolute atomic E-state index is 0. The van der Waals surface area contributed by atoms with E-state index in [1.807, 2.05) is 0 Å². The van der Waals surface area contributed by atoms with E-state index in [-0.39, 0.29) is 24.9 Å². The van der Waals surface area contributed by atoms with Gasteiger partial charge < -0.3 is 9.88 Å². The Bertz CT molecular complexity index is 642. The maximum atomic E-state index is 12.2. The normalized spacial score (nSPS) is 10.2. The smallest absolute Gasteiger partial charge is 0.288 e. The molecule has 0 spiro atoms. The van der Waals surface area contributed by atoms with E-state index in [9.17, 15) is 13.6 Å². The molecular formula is C12H12ClF2N3OS2. The topological polar surface area (TPSA) is 57.9 Å². The highest BCUT2D eigenvalue weighted by Crippen LogP contribution is 2.26. The fourth-order valence-electron chi connectivity index (χ4n) is 1.50. The molecule has 0 aliphatic carbocycles. The number of aromatic nitrogens is 1. The molecule has 0 aliphatic rings. The lowest BCUT2D eigenvalue weighted by atomic mass is 10.3. The Morgan fingerprint density at radius 2 is 2.05 bits per heavy atom. The first-order chi connectivity index (χ1) is 9.54. The third kappa shape index (κ3) is 5.49. The Kier molecular flexibility index (Phi) is 6.86. The number of anilines is 1. The second-order valence-corrected chi connectivity index (χ2v) is 5.75. The lowest BCUT2D eigenvalue weighted by molar-refractivity contribution is -0.116. The molecule has 1 aromatic carbocycles. The van der Waals surface area contributed by atoms with Gasteiger partial charge in [-0.1, -0.05) is 11.8 Å². The number of amides is 1. The van der Waals surface area contributed by atoms with Crippen molar-refractivity contribution in [3.63, 3.8) is 0 Å². The molecule has 0 radical (unpaired) electrons. The average Bonchev–Trinajstić information content (AvgIpc) is 2.77. The van der Waals surface area contributed by atoms with E-state index in [0.29, 0.717) is 27.1 Å². The van der Waals surface area contributed by atoms with Crippen molar-refractivity contribution in [1.29, 1.82) is 5.41 Å². The monoisotopic (exact) mass is 351 g/mol. The Labute approximate surface area is 134 Å². The molecule has 21 heavy (non-hydrogen) atoms. The predicted molar refractivity (Wildman–Crippen MR) is 82.3 cm³/mol. The first kappa shape index (κ1) is 17.7. The quantitative estimate of drug-likeness (QED) is 0.811. The van der Waals surface area contributed by atoms with E-state index in [4.69, 9.17) is 5.41 Å². The van der Waals surface area contributed by atoms with Crippen molar-refractivity contribution in [2.24, 2.45) is 0 Å². The molecule has 0 bridgehead atoms. The molecule has 2 N–H and O–H groups in total. The van der Waals surface area contributed by atoms with Crippen molar-refractivity contribution in [2.75, 3.05) is 5.32 Å². The zero-order valence-electron chi connectivity index (χ0n) is 10.6. The molecular weight excluding hydrogens is 340 g/mol. The average molecular weight is 352 g/mol. The van der Waals surface area contributed by atoms with Crippen LogP contribution in [-0.4, -0.2) is 16.2 Å². The van der Waals surface area contributed by atoms with Gasteiger partial charge in [0.05, 0.1) is 0 Å². The van der Waals surface area contributed by atoms with Crippen molar-refractivity contribution in [3.8, 4) is 0 Å². The highest BCUT2D eigenvalue weighted by atomic mass is 35.5. The number of thioether (sulfide) groups is 1. The number of thiazole rings is 1. The van der Waals surface area contributed by atoms with E-state index >= 15 is 0 Å². The number of rotatable bonds is 5. The summed E-state index contributed by atoms with van der Waals surface area (Å²) in [6, 6.07) is 6.20. The molecule has 1 heterocycles. The van der Waals surface area contributed by atoms with Crippen LogP contribution in [0.4, 0.5) is 14.5 Å². The van der Waals surface area contributed by atoms with Crippen molar-refractivity contribution in [2.45, 2.75) is 17.2 Å². The largest absolute Gasteiger partial charge is 0.325 e. The van der Waals surface area contributed by atoms with Crippen molar-refractivity contribution < 1.29 is 13.6 Å². The highest BCUT2D eigenvalue weighted by Gasteiger charge is 2.07. The van der Waals surface area contributed by atoms with Crippen molar-refractivity contribution in [3.05, 3.63) is 40.6 Å². The number of benzene rings is 1. The van der Waals surface area contributed by atoms with Crippen LogP contribution in [0.15, 0.2) is 40.7 Å².